The van der Waals surface area contributed by atoms with Crippen molar-refractivity contribution in [3.05, 3.63) is 43.4 Å². The first kappa shape index (κ1) is 13.8. The molecule has 0 N–H and O–H groups in total. The lowest BCUT2D eigenvalue weighted by molar-refractivity contribution is 1.00. The van der Waals surface area contributed by atoms with E-state index >= 15 is 0 Å². The summed E-state index contributed by atoms with van der Waals surface area (Å²) in [6.45, 7) is 0. The fourth-order valence-corrected chi connectivity index (χ4v) is 1.19. The molecule has 4 nitrogen and oxygen atoms in total. The van der Waals surface area contributed by atoms with Gasteiger partial charge in [-0.1, -0.05) is 34.8 Å². The van der Waals surface area contributed by atoms with Crippen molar-refractivity contribution < 1.29 is 0 Å². The SMILES string of the molecule is Clc1ccc(I)nn1.Clc1ccnnc1Cl. The van der Waals surface area contributed by atoms with Gasteiger partial charge < -0.3 is 0 Å². The molecule has 0 radical (unpaired) electrons. The van der Waals surface area contributed by atoms with Gasteiger partial charge in [-0.05, 0) is 40.8 Å². The second kappa shape index (κ2) is 7.16. The van der Waals surface area contributed by atoms with Crippen molar-refractivity contribution in [2.75, 3.05) is 0 Å². The highest BCUT2D eigenvalue weighted by Gasteiger charge is 1.92. The van der Waals surface area contributed by atoms with Crippen molar-refractivity contribution in [1.29, 1.82) is 0 Å². The summed E-state index contributed by atoms with van der Waals surface area (Å²) >= 11 is 18.4. The summed E-state index contributed by atoms with van der Waals surface area (Å²) in [4.78, 5) is 0. The van der Waals surface area contributed by atoms with Crippen molar-refractivity contribution in [2.45, 2.75) is 0 Å². The number of hydrogen-bond acceptors (Lipinski definition) is 4. The lowest BCUT2D eigenvalue weighted by Crippen LogP contribution is -1.82. The second-order valence-corrected chi connectivity index (χ2v) is 4.61. The lowest BCUT2D eigenvalue weighted by Gasteiger charge is -1.86. The third-order valence-corrected chi connectivity index (χ3v) is 2.69. The van der Waals surface area contributed by atoms with E-state index in [0.717, 1.165) is 3.70 Å². The third-order valence-electron chi connectivity index (χ3n) is 1.23. The maximum Gasteiger partial charge on any atom is 0.170 e. The average molecular weight is 389 g/mol. The number of aromatic nitrogens is 4. The Morgan fingerprint density at radius 3 is 2.06 bits per heavy atom. The van der Waals surface area contributed by atoms with E-state index < -0.39 is 0 Å². The van der Waals surface area contributed by atoms with Crippen LogP contribution in [0.3, 0.4) is 0 Å². The molecule has 0 aromatic carbocycles. The molecule has 8 heteroatoms. The van der Waals surface area contributed by atoms with Gasteiger partial charge in [-0.15, -0.1) is 15.3 Å². The molecular weight excluding hydrogens is 385 g/mol. The van der Waals surface area contributed by atoms with Gasteiger partial charge in [0.2, 0.25) is 0 Å². The molecule has 0 bridgehead atoms. The van der Waals surface area contributed by atoms with Crippen LogP contribution < -0.4 is 0 Å². The molecule has 2 heterocycles. The van der Waals surface area contributed by atoms with Crippen LogP contribution in [0.15, 0.2) is 24.4 Å². The number of hydrogen-bond donors (Lipinski definition) is 0. The molecule has 0 aliphatic carbocycles. The summed E-state index contributed by atoms with van der Waals surface area (Å²) in [5, 5.41) is 15.3. The van der Waals surface area contributed by atoms with E-state index in [1.54, 1.807) is 18.2 Å². The van der Waals surface area contributed by atoms with E-state index in [0.29, 0.717) is 10.2 Å². The van der Waals surface area contributed by atoms with Crippen LogP contribution in [0.1, 0.15) is 0 Å². The van der Waals surface area contributed by atoms with E-state index in [1.807, 2.05) is 0 Å². The minimum absolute atomic E-state index is 0.245. The van der Waals surface area contributed by atoms with Crippen LogP contribution in [0.2, 0.25) is 15.3 Å². The van der Waals surface area contributed by atoms with Gasteiger partial charge in [-0.3, -0.25) is 0 Å². The first-order valence-electron chi connectivity index (χ1n) is 3.87. The Labute approximate surface area is 120 Å². The normalized spacial score (nSPS) is 9.25. The van der Waals surface area contributed by atoms with Crippen LogP contribution in [-0.2, 0) is 0 Å². The zero-order valence-electron chi connectivity index (χ0n) is 7.61. The molecule has 0 saturated carbocycles. The summed E-state index contributed by atoms with van der Waals surface area (Å²) in [6, 6.07) is 5.09. The molecule has 0 aliphatic rings. The average Bonchev–Trinajstić information content (AvgIpc) is 2.28. The van der Waals surface area contributed by atoms with Gasteiger partial charge in [-0.2, -0.15) is 5.10 Å². The Kier molecular flexibility index (Phi) is 6.18. The summed E-state index contributed by atoms with van der Waals surface area (Å²) in [5.41, 5.74) is 0. The Morgan fingerprint density at radius 2 is 1.69 bits per heavy atom. The van der Waals surface area contributed by atoms with Crippen molar-refractivity contribution >= 4 is 57.4 Å². The minimum Gasteiger partial charge on any atom is -0.158 e. The number of nitrogens with zero attached hydrogens (tertiary/aromatic N) is 4. The largest absolute Gasteiger partial charge is 0.170 e. The zero-order valence-corrected chi connectivity index (χ0v) is 12.0. The standard InChI is InChI=1S/C4H2Cl2N2.C4H2ClIN2/c5-3-1-2-7-8-4(3)6;5-3-1-2-4(6)8-7-3/h2*1-2H. The molecule has 0 atom stereocenters. The summed E-state index contributed by atoms with van der Waals surface area (Å²) in [7, 11) is 0. The summed E-state index contributed by atoms with van der Waals surface area (Å²) < 4.78 is 0.854. The highest BCUT2D eigenvalue weighted by Crippen LogP contribution is 2.15. The van der Waals surface area contributed by atoms with Crippen molar-refractivity contribution in [3.8, 4) is 0 Å². The predicted molar refractivity (Wildman–Crippen MR) is 71.8 cm³/mol. The van der Waals surface area contributed by atoms with Crippen LogP contribution in [0.4, 0.5) is 0 Å². The Hall–Kier alpha value is -0.240. The van der Waals surface area contributed by atoms with Gasteiger partial charge in [0.15, 0.2) is 10.3 Å². The van der Waals surface area contributed by atoms with E-state index in [2.05, 4.69) is 43.0 Å². The van der Waals surface area contributed by atoms with Gasteiger partial charge in [0.25, 0.3) is 0 Å². The third kappa shape index (κ3) is 5.20. The molecule has 16 heavy (non-hydrogen) atoms. The van der Waals surface area contributed by atoms with E-state index in [9.17, 15) is 0 Å². The van der Waals surface area contributed by atoms with Crippen LogP contribution in [0.25, 0.3) is 0 Å². The summed E-state index contributed by atoms with van der Waals surface area (Å²) in [5.74, 6) is 0. The highest BCUT2D eigenvalue weighted by atomic mass is 127. The van der Waals surface area contributed by atoms with Gasteiger partial charge in [0.1, 0.15) is 3.70 Å². The predicted octanol–water partition coefficient (Wildman–Crippen LogP) is 3.52. The van der Waals surface area contributed by atoms with Gasteiger partial charge in [-0.25, -0.2) is 0 Å². The van der Waals surface area contributed by atoms with Gasteiger partial charge in [0.05, 0.1) is 11.2 Å². The monoisotopic (exact) mass is 388 g/mol. The zero-order chi connectivity index (χ0) is 12.0. The molecule has 2 aromatic rings. The van der Waals surface area contributed by atoms with E-state index in [-0.39, 0.29) is 5.15 Å². The molecular formula is C8H4Cl3IN4. The first-order valence-corrected chi connectivity index (χ1v) is 6.08. The molecule has 0 saturated heterocycles. The molecule has 0 fully saturated rings. The summed E-state index contributed by atoms with van der Waals surface area (Å²) in [6.07, 6.45) is 1.48. The maximum absolute atomic E-state index is 5.47. The minimum atomic E-state index is 0.245. The fourth-order valence-electron chi connectivity index (χ4n) is 0.599. The van der Waals surface area contributed by atoms with E-state index in [1.165, 1.54) is 6.20 Å². The lowest BCUT2D eigenvalue weighted by atomic mass is 10.6. The molecule has 0 aliphatic heterocycles. The molecule has 0 unspecified atom stereocenters. The van der Waals surface area contributed by atoms with Gasteiger partial charge >= 0.3 is 0 Å². The van der Waals surface area contributed by atoms with Crippen LogP contribution in [0, 0.1) is 3.70 Å². The number of rotatable bonds is 0. The van der Waals surface area contributed by atoms with Crippen LogP contribution in [-0.4, -0.2) is 20.4 Å². The first-order chi connectivity index (χ1) is 7.59. The Bertz CT molecular complexity index is 409. The number of halogens is 4. The topological polar surface area (TPSA) is 51.6 Å². The van der Waals surface area contributed by atoms with E-state index in [4.69, 9.17) is 34.8 Å². The molecule has 0 amide bonds. The quantitative estimate of drug-likeness (QED) is 0.647. The fraction of sp³-hybridized carbons (Fsp3) is 0. The Balaban J connectivity index is 0.000000160. The molecule has 2 rings (SSSR count). The van der Waals surface area contributed by atoms with Crippen LogP contribution >= 0.6 is 57.4 Å². The second-order valence-electron chi connectivity index (χ2n) is 2.35. The Morgan fingerprint density at radius 1 is 0.938 bits per heavy atom. The highest BCUT2D eigenvalue weighted by molar-refractivity contribution is 14.1. The van der Waals surface area contributed by atoms with Crippen molar-refractivity contribution in [2.24, 2.45) is 0 Å². The molecule has 0 spiro atoms. The van der Waals surface area contributed by atoms with Crippen LogP contribution in [0.5, 0.6) is 0 Å². The smallest absolute Gasteiger partial charge is 0.158 e. The molecule has 84 valence electrons. The van der Waals surface area contributed by atoms with Crippen molar-refractivity contribution in [1.82, 2.24) is 20.4 Å². The molecule has 2 aromatic heterocycles. The van der Waals surface area contributed by atoms with Gasteiger partial charge in [0, 0.05) is 0 Å². The van der Waals surface area contributed by atoms with Crippen molar-refractivity contribution in [3.63, 3.8) is 0 Å². The maximum atomic E-state index is 5.47.